The summed E-state index contributed by atoms with van der Waals surface area (Å²) in [6, 6.07) is 6.78. The molecule has 3 nitrogen and oxygen atoms in total. The second-order valence-corrected chi connectivity index (χ2v) is 5.40. The minimum Gasteiger partial charge on any atom is -0.508 e. The number of rotatable bonds is 6. The number of ether oxygens (including phenoxy) is 1. The van der Waals surface area contributed by atoms with Crippen molar-refractivity contribution in [2.75, 3.05) is 0 Å². The molecule has 0 radical (unpaired) electrons. The number of benzene rings is 1. The molecular formula is C17H22O3. The van der Waals surface area contributed by atoms with E-state index in [-0.39, 0.29) is 5.75 Å². The fraction of sp³-hybridized carbons (Fsp3) is 0.353. The lowest BCUT2D eigenvalue weighted by Gasteiger charge is -2.25. The van der Waals surface area contributed by atoms with E-state index in [1.165, 1.54) is 5.57 Å². The van der Waals surface area contributed by atoms with E-state index < -0.39 is 5.60 Å². The molecule has 0 aromatic heterocycles. The predicted molar refractivity (Wildman–Crippen MR) is 80.6 cm³/mol. The van der Waals surface area contributed by atoms with Crippen molar-refractivity contribution in [2.24, 2.45) is 0 Å². The third-order valence-corrected chi connectivity index (χ3v) is 2.79. The van der Waals surface area contributed by atoms with Gasteiger partial charge in [-0.05, 0) is 51.5 Å². The fourth-order valence-electron chi connectivity index (χ4n) is 1.81. The van der Waals surface area contributed by atoms with Gasteiger partial charge < -0.3 is 9.84 Å². The second kappa shape index (κ2) is 6.94. The molecule has 1 N–H and O–H groups in total. The zero-order valence-electron chi connectivity index (χ0n) is 12.5. The number of aldehydes is 1. The Kier molecular flexibility index (Phi) is 5.56. The van der Waals surface area contributed by atoms with Crippen molar-refractivity contribution < 1.29 is 14.6 Å². The summed E-state index contributed by atoms with van der Waals surface area (Å²) in [6.07, 6.45) is 5.07. The molecule has 0 aliphatic heterocycles. The summed E-state index contributed by atoms with van der Waals surface area (Å²) in [5.41, 5.74) is 1.19. The van der Waals surface area contributed by atoms with Gasteiger partial charge in [0.1, 0.15) is 5.75 Å². The van der Waals surface area contributed by atoms with Gasteiger partial charge in [-0.3, -0.25) is 4.79 Å². The first-order valence-corrected chi connectivity index (χ1v) is 6.60. The summed E-state index contributed by atoms with van der Waals surface area (Å²) in [4.78, 5) is 11.4. The van der Waals surface area contributed by atoms with E-state index in [1.807, 2.05) is 32.9 Å². The van der Waals surface area contributed by atoms with Crippen molar-refractivity contribution in [3.05, 3.63) is 53.3 Å². The third kappa shape index (κ3) is 5.31. The molecule has 0 unspecified atom stereocenters. The van der Waals surface area contributed by atoms with Crippen LogP contribution < -0.4 is 0 Å². The fourth-order valence-corrected chi connectivity index (χ4v) is 1.81. The van der Waals surface area contributed by atoms with Crippen LogP contribution in [-0.4, -0.2) is 17.0 Å². The quantitative estimate of drug-likeness (QED) is 0.488. The molecule has 0 amide bonds. The van der Waals surface area contributed by atoms with Crippen LogP contribution in [0.15, 0.2) is 47.7 Å². The van der Waals surface area contributed by atoms with Crippen molar-refractivity contribution in [3.8, 4) is 5.75 Å². The van der Waals surface area contributed by atoms with E-state index >= 15 is 0 Å². The van der Waals surface area contributed by atoms with E-state index in [0.29, 0.717) is 12.2 Å². The van der Waals surface area contributed by atoms with Gasteiger partial charge in [0.05, 0.1) is 5.76 Å². The number of phenolic OH excluding ortho intramolecular Hbond substituents is 1. The molecule has 1 rings (SSSR count). The summed E-state index contributed by atoms with van der Waals surface area (Å²) < 4.78 is 5.76. The second-order valence-electron chi connectivity index (χ2n) is 5.40. The number of carbonyl (C=O) groups excluding carboxylic acids is 1. The van der Waals surface area contributed by atoms with Crippen LogP contribution in [0.2, 0.25) is 0 Å². The average molecular weight is 274 g/mol. The van der Waals surface area contributed by atoms with E-state index in [0.717, 1.165) is 11.8 Å². The maximum absolute atomic E-state index is 11.4. The Morgan fingerprint density at radius 1 is 1.20 bits per heavy atom. The highest BCUT2D eigenvalue weighted by Crippen LogP contribution is 2.20. The molecule has 0 heterocycles. The molecule has 0 fully saturated rings. The molecule has 0 aliphatic carbocycles. The minimum absolute atomic E-state index is 0.210. The van der Waals surface area contributed by atoms with Gasteiger partial charge in [-0.1, -0.05) is 23.8 Å². The third-order valence-electron chi connectivity index (χ3n) is 2.79. The molecule has 0 spiro atoms. The number of allylic oxidation sites excluding steroid dienone is 4. The number of phenols is 1. The molecule has 1 aromatic rings. The lowest BCUT2D eigenvalue weighted by Crippen LogP contribution is -2.32. The largest absolute Gasteiger partial charge is 0.508 e. The van der Waals surface area contributed by atoms with Crippen LogP contribution in [0.25, 0.3) is 0 Å². The van der Waals surface area contributed by atoms with Crippen molar-refractivity contribution >= 4 is 6.29 Å². The molecular weight excluding hydrogens is 252 g/mol. The summed E-state index contributed by atoms with van der Waals surface area (Å²) in [5.74, 6) is 0.904. The summed E-state index contributed by atoms with van der Waals surface area (Å²) in [7, 11) is 0. The van der Waals surface area contributed by atoms with E-state index in [2.05, 4.69) is 0 Å². The zero-order chi connectivity index (χ0) is 15.2. The topological polar surface area (TPSA) is 46.5 Å². The molecule has 3 heteroatoms. The molecule has 1 aromatic carbocycles. The standard InChI is InChI=1S/C17H22O3/c1-13(2)5-6-14(3)20-17(4,12-18)11-15-7-9-16(19)10-8-15/h5-10,12,19H,11H2,1-4H3/b14-6+/t17-/m0/s1. The van der Waals surface area contributed by atoms with Gasteiger partial charge in [0, 0.05) is 6.42 Å². The smallest absolute Gasteiger partial charge is 0.164 e. The number of carbonyl (C=O) groups is 1. The van der Waals surface area contributed by atoms with E-state index in [4.69, 9.17) is 4.74 Å². The normalized spacial score (nSPS) is 14.3. The van der Waals surface area contributed by atoms with E-state index in [9.17, 15) is 9.90 Å². The Balaban J connectivity index is 2.81. The summed E-state index contributed by atoms with van der Waals surface area (Å²) in [6.45, 7) is 7.59. The Bertz CT molecular complexity index is 508. The molecule has 108 valence electrons. The summed E-state index contributed by atoms with van der Waals surface area (Å²) >= 11 is 0. The van der Waals surface area contributed by atoms with Gasteiger partial charge in [0.15, 0.2) is 11.9 Å². The van der Waals surface area contributed by atoms with Gasteiger partial charge in [0.25, 0.3) is 0 Å². The minimum atomic E-state index is -0.910. The molecule has 0 aliphatic rings. The van der Waals surface area contributed by atoms with Crippen LogP contribution in [0.3, 0.4) is 0 Å². The van der Waals surface area contributed by atoms with Gasteiger partial charge in [-0.25, -0.2) is 0 Å². The Hall–Kier alpha value is -2.03. The SMILES string of the molecule is CC(C)=C/C=C(\C)O[C@](C)(C=O)Cc1ccc(O)cc1. The van der Waals surface area contributed by atoms with Crippen LogP contribution in [0.4, 0.5) is 0 Å². The van der Waals surface area contributed by atoms with Gasteiger partial charge in [-0.15, -0.1) is 0 Å². The molecule has 0 bridgehead atoms. The lowest BCUT2D eigenvalue weighted by molar-refractivity contribution is -0.124. The van der Waals surface area contributed by atoms with E-state index in [1.54, 1.807) is 31.2 Å². The van der Waals surface area contributed by atoms with Crippen LogP contribution >= 0.6 is 0 Å². The first kappa shape index (κ1) is 16.0. The molecule has 20 heavy (non-hydrogen) atoms. The highest BCUT2D eigenvalue weighted by Gasteiger charge is 2.26. The van der Waals surface area contributed by atoms with Crippen molar-refractivity contribution in [1.82, 2.24) is 0 Å². The Morgan fingerprint density at radius 2 is 1.80 bits per heavy atom. The number of hydrogen-bond acceptors (Lipinski definition) is 3. The van der Waals surface area contributed by atoms with Crippen molar-refractivity contribution in [2.45, 2.75) is 39.7 Å². The van der Waals surface area contributed by atoms with Crippen LogP contribution in [0.1, 0.15) is 33.3 Å². The van der Waals surface area contributed by atoms with Gasteiger partial charge >= 0.3 is 0 Å². The predicted octanol–water partition coefficient (Wildman–Crippen LogP) is 3.78. The van der Waals surface area contributed by atoms with Crippen molar-refractivity contribution in [3.63, 3.8) is 0 Å². The first-order valence-electron chi connectivity index (χ1n) is 6.60. The average Bonchev–Trinajstić information content (AvgIpc) is 2.39. The highest BCUT2D eigenvalue weighted by atomic mass is 16.5. The van der Waals surface area contributed by atoms with Crippen molar-refractivity contribution in [1.29, 1.82) is 0 Å². The van der Waals surface area contributed by atoms with Gasteiger partial charge in [-0.2, -0.15) is 0 Å². The monoisotopic (exact) mass is 274 g/mol. The zero-order valence-corrected chi connectivity index (χ0v) is 12.5. The van der Waals surface area contributed by atoms with Gasteiger partial charge in [0.2, 0.25) is 0 Å². The lowest BCUT2D eigenvalue weighted by atomic mass is 9.97. The first-order chi connectivity index (χ1) is 9.34. The maximum atomic E-state index is 11.4. The molecule has 0 saturated heterocycles. The molecule has 0 saturated carbocycles. The van der Waals surface area contributed by atoms with Crippen LogP contribution in [0.5, 0.6) is 5.75 Å². The summed E-state index contributed by atoms with van der Waals surface area (Å²) in [5, 5.41) is 9.26. The Morgan fingerprint density at radius 3 is 2.30 bits per heavy atom. The van der Waals surface area contributed by atoms with Crippen LogP contribution in [0, 0.1) is 0 Å². The maximum Gasteiger partial charge on any atom is 0.164 e. The highest BCUT2D eigenvalue weighted by molar-refractivity contribution is 5.63. The number of aromatic hydroxyl groups is 1. The Labute approximate surface area is 120 Å². The molecule has 1 atom stereocenters. The number of hydrogen-bond donors (Lipinski definition) is 1. The van der Waals surface area contributed by atoms with Crippen LogP contribution in [-0.2, 0) is 16.0 Å².